The number of hydrogen-bond donors (Lipinski definition) is 10. The number of aliphatic imine (C=N–C) groups is 4. The molecule has 0 amide bonds. The highest BCUT2D eigenvalue weighted by Crippen LogP contribution is 2.22. The number of aromatic nitrogens is 6. The molecule has 6 aromatic rings. The first-order valence-electron chi connectivity index (χ1n) is 20.6. The smallest absolute Gasteiger partial charge is 0.233 e. The van der Waals surface area contributed by atoms with Gasteiger partial charge in [-0.3, -0.25) is 20.0 Å². The molecular formula is C43H46N20. The van der Waals surface area contributed by atoms with Crippen LogP contribution in [-0.4, -0.2) is 113 Å². The lowest BCUT2D eigenvalue weighted by atomic mass is 10.2. The van der Waals surface area contributed by atoms with E-state index in [1.54, 1.807) is 7.05 Å². The number of nitrogens with two attached hydrogens (primary N) is 1. The highest BCUT2D eigenvalue weighted by molar-refractivity contribution is 6.01. The summed E-state index contributed by atoms with van der Waals surface area (Å²) >= 11 is 0. The first-order chi connectivity index (χ1) is 31.0. The molecule has 0 fully saturated rings. The third kappa shape index (κ3) is 10.3. The van der Waals surface area contributed by atoms with Gasteiger partial charge in [0.25, 0.3) is 0 Å². The Balaban J connectivity index is 0.000000160. The van der Waals surface area contributed by atoms with Crippen LogP contribution < -0.4 is 53.6 Å². The van der Waals surface area contributed by atoms with Crippen molar-refractivity contribution in [2.45, 2.75) is 0 Å². The molecule has 0 radical (unpaired) electrons. The fourth-order valence-electron chi connectivity index (χ4n) is 6.83. The van der Waals surface area contributed by atoms with Gasteiger partial charge in [0.05, 0.1) is 26.2 Å². The van der Waals surface area contributed by atoms with E-state index in [-0.39, 0.29) is 5.95 Å². The van der Waals surface area contributed by atoms with Crippen molar-refractivity contribution in [3.05, 3.63) is 119 Å². The van der Waals surface area contributed by atoms with Crippen molar-refractivity contribution in [2.75, 3.05) is 91.7 Å². The Morgan fingerprint density at radius 1 is 0.365 bits per heavy atom. The van der Waals surface area contributed by atoms with E-state index in [4.69, 9.17) is 5.73 Å². The lowest BCUT2D eigenvalue weighted by Crippen LogP contribution is -2.19. The van der Waals surface area contributed by atoms with Crippen molar-refractivity contribution in [3.8, 4) is 0 Å². The third-order valence-electron chi connectivity index (χ3n) is 9.87. The van der Waals surface area contributed by atoms with Crippen LogP contribution in [0, 0.1) is 0 Å². The van der Waals surface area contributed by atoms with Crippen LogP contribution >= 0.6 is 0 Å². The quantitative estimate of drug-likeness (QED) is 0.0794. The molecule has 0 unspecified atom stereocenters. The monoisotopic (exact) mass is 842 g/mol. The molecule has 2 aromatic heterocycles. The molecule has 20 nitrogen and oxygen atoms in total. The molecule has 4 aliphatic heterocycles. The number of nitrogens with one attached hydrogen (secondary N) is 9. The Bertz CT molecular complexity index is 2480. The van der Waals surface area contributed by atoms with Crippen LogP contribution in [0.1, 0.15) is 22.3 Å². The Hall–Kier alpha value is -8.42. The van der Waals surface area contributed by atoms with Crippen molar-refractivity contribution >= 4 is 81.8 Å². The molecule has 10 rings (SSSR count). The van der Waals surface area contributed by atoms with Gasteiger partial charge in [-0.1, -0.05) is 0 Å². The molecule has 6 heterocycles. The summed E-state index contributed by atoms with van der Waals surface area (Å²) < 4.78 is 0. The largest absolute Gasteiger partial charge is 0.368 e. The SMILES string of the molecule is CNc1nc(Nc2ccc(C3=NCCN3)cc2)nc(Nc2ccc(C3=NCCN3)cc2)n1.Nc1nc(Nc2ccc(C3=NCCN3)cc2)nc(Nc2ccc(C3=NCCN3)cc2)n1. The molecule has 0 spiro atoms. The molecule has 0 atom stereocenters. The molecule has 0 aliphatic carbocycles. The zero-order chi connectivity index (χ0) is 42.8. The predicted octanol–water partition coefficient (Wildman–Crippen LogP) is 3.74. The summed E-state index contributed by atoms with van der Waals surface area (Å²) in [7, 11) is 1.77. The van der Waals surface area contributed by atoms with Gasteiger partial charge in [-0.2, -0.15) is 29.9 Å². The van der Waals surface area contributed by atoms with Crippen LogP contribution in [0.4, 0.5) is 58.4 Å². The minimum atomic E-state index is 0.127. The van der Waals surface area contributed by atoms with Gasteiger partial charge in [-0.25, -0.2) is 0 Å². The molecule has 0 bridgehead atoms. The molecule has 4 aromatic carbocycles. The summed E-state index contributed by atoms with van der Waals surface area (Å²) in [6, 6.07) is 31.8. The van der Waals surface area contributed by atoms with Crippen molar-refractivity contribution in [1.29, 1.82) is 0 Å². The average molecular weight is 843 g/mol. The van der Waals surface area contributed by atoms with Gasteiger partial charge in [0, 0.05) is 78.2 Å². The maximum absolute atomic E-state index is 5.89. The van der Waals surface area contributed by atoms with Crippen LogP contribution in [0.15, 0.2) is 117 Å². The van der Waals surface area contributed by atoms with E-state index in [0.29, 0.717) is 29.7 Å². The molecule has 4 aliphatic rings. The van der Waals surface area contributed by atoms with Crippen molar-refractivity contribution in [3.63, 3.8) is 0 Å². The van der Waals surface area contributed by atoms with Gasteiger partial charge < -0.3 is 53.6 Å². The summed E-state index contributed by atoms with van der Waals surface area (Å²) in [5.41, 5.74) is 13.5. The Morgan fingerprint density at radius 2 is 0.619 bits per heavy atom. The van der Waals surface area contributed by atoms with Gasteiger partial charge in [0.1, 0.15) is 23.3 Å². The maximum Gasteiger partial charge on any atom is 0.233 e. The summed E-state index contributed by atoms with van der Waals surface area (Å²) in [4.78, 5) is 43.9. The van der Waals surface area contributed by atoms with Crippen LogP contribution in [0.25, 0.3) is 0 Å². The van der Waals surface area contributed by atoms with E-state index in [9.17, 15) is 0 Å². The molecule has 11 N–H and O–H groups in total. The van der Waals surface area contributed by atoms with Crippen molar-refractivity contribution in [1.82, 2.24) is 51.2 Å². The second-order valence-corrected chi connectivity index (χ2v) is 14.3. The molecule has 20 heteroatoms. The number of benzene rings is 4. The minimum absolute atomic E-state index is 0.127. The first-order valence-corrected chi connectivity index (χ1v) is 20.6. The predicted molar refractivity (Wildman–Crippen MR) is 250 cm³/mol. The minimum Gasteiger partial charge on any atom is -0.368 e. The van der Waals surface area contributed by atoms with Gasteiger partial charge in [0.2, 0.25) is 35.7 Å². The number of amidine groups is 4. The number of nitrogen functional groups attached to an aromatic ring is 1. The van der Waals surface area contributed by atoms with E-state index in [1.165, 1.54) is 0 Å². The van der Waals surface area contributed by atoms with Crippen LogP contribution in [0.3, 0.4) is 0 Å². The normalized spacial score (nSPS) is 14.9. The van der Waals surface area contributed by atoms with E-state index in [2.05, 4.69) is 97.7 Å². The Morgan fingerprint density at radius 3 is 0.857 bits per heavy atom. The second kappa shape index (κ2) is 18.9. The second-order valence-electron chi connectivity index (χ2n) is 14.3. The standard InChI is InChI=1S/C22H24N10.C21H22N10/c1-23-20-30-21(28-16-6-2-14(3-7-16)18-24-10-11-25-18)32-22(31-20)29-17-8-4-15(5-9-17)19-26-12-13-27-19;22-19-29-20(27-15-5-1-13(2-6-15)17-23-9-10-24-17)31-21(30-19)28-16-7-3-14(4-8-16)18-25-11-12-26-18/h2-9H,10-13H2,1H3,(H,24,25)(H,26,27)(H3,23,28,29,30,31,32);1-8H,9-12H2,(H,23,24)(H,25,26)(H4,22,27,28,29,30,31). The summed E-state index contributed by atoms with van der Waals surface area (Å²) in [6.07, 6.45) is 0. The zero-order valence-corrected chi connectivity index (χ0v) is 34.4. The number of hydrogen-bond acceptors (Lipinski definition) is 20. The summed E-state index contributed by atoms with van der Waals surface area (Å²) in [5.74, 6) is 5.91. The molecule has 63 heavy (non-hydrogen) atoms. The van der Waals surface area contributed by atoms with E-state index in [0.717, 1.165) is 121 Å². The lowest BCUT2D eigenvalue weighted by molar-refractivity contribution is 0.960. The average Bonchev–Trinajstić information content (AvgIpc) is 4.17. The van der Waals surface area contributed by atoms with Crippen molar-refractivity contribution in [2.24, 2.45) is 20.0 Å². The van der Waals surface area contributed by atoms with E-state index >= 15 is 0 Å². The van der Waals surface area contributed by atoms with Crippen LogP contribution in [-0.2, 0) is 0 Å². The van der Waals surface area contributed by atoms with E-state index < -0.39 is 0 Å². The molecule has 0 saturated heterocycles. The van der Waals surface area contributed by atoms with Gasteiger partial charge in [-0.05, 0) is 97.1 Å². The fourth-order valence-corrected chi connectivity index (χ4v) is 6.83. The maximum atomic E-state index is 5.89. The highest BCUT2D eigenvalue weighted by Gasteiger charge is 2.13. The number of nitrogens with zero attached hydrogens (tertiary/aromatic N) is 10. The highest BCUT2D eigenvalue weighted by atomic mass is 15.3. The topological polar surface area (TPSA) is 261 Å². The third-order valence-corrected chi connectivity index (χ3v) is 9.87. The van der Waals surface area contributed by atoms with E-state index in [1.807, 2.05) is 97.1 Å². The first kappa shape index (κ1) is 40.0. The molecular weight excluding hydrogens is 797 g/mol. The van der Waals surface area contributed by atoms with Crippen molar-refractivity contribution < 1.29 is 0 Å². The van der Waals surface area contributed by atoms with Gasteiger partial charge in [0.15, 0.2) is 0 Å². The van der Waals surface area contributed by atoms with Gasteiger partial charge in [-0.15, -0.1) is 0 Å². The summed E-state index contributed by atoms with van der Waals surface area (Å²) in [6.45, 7) is 6.78. The van der Waals surface area contributed by atoms with Crippen LogP contribution in [0.5, 0.6) is 0 Å². The number of anilines is 10. The summed E-state index contributed by atoms with van der Waals surface area (Å²) in [5, 5.41) is 28.9. The number of rotatable bonds is 13. The Kier molecular flexibility index (Phi) is 12.0. The van der Waals surface area contributed by atoms with Crippen LogP contribution in [0.2, 0.25) is 0 Å². The fraction of sp³-hybridized carbons (Fsp3) is 0.209. The molecule has 0 saturated carbocycles. The van der Waals surface area contributed by atoms with Gasteiger partial charge >= 0.3 is 0 Å². The lowest BCUT2D eigenvalue weighted by Gasteiger charge is -2.11. The Labute approximate surface area is 363 Å². The molecule has 318 valence electrons. The zero-order valence-electron chi connectivity index (χ0n) is 34.4.